The summed E-state index contributed by atoms with van der Waals surface area (Å²) in [6.45, 7) is 7.68. The molecule has 0 amide bonds. The quantitative estimate of drug-likeness (QED) is 0.610. The smallest absolute Gasteiger partial charge is 0.0667 e. The second-order valence-electron chi connectivity index (χ2n) is 3.52. The standard InChI is InChI=1S/C8H20N2O/c1-7(11-4)5-10-8(2,3)6-9/h7,10H,5-6,9H2,1-4H3. The van der Waals surface area contributed by atoms with E-state index in [-0.39, 0.29) is 11.6 Å². The lowest BCUT2D eigenvalue weighted by atomic mass is 10.1. The molecule has 1 atom stereocenters. The van der Waals surface area contributed by atoms with E-state index in [1.165, 1.54) is 0 Å². The number of methoxy groups -OCH3 is 1. The molecule has 0 spiro atoms. The van der Waals surface area contributed by atoms with E-state index < -0.39 is 0 Å². The molecule has 0 heterocycles. The van der Waals surface area contributed by atoms with Gasteiger partial charge in [-0.2, -0.15) is 0 Å². The van der Waals surface area contributed by atoms with Gasteiger partial charge in [0.2, 0.25) is 0 Å². The number of nitrogens with one attached hydrogen (secondary N) is 1. The van der Waals surface area contributed by atoms with Gasteiger partial charge in [0.25, 0.3) is 0 Å². The van der Waals surface area contributed by atoms with E-state index in [0.29, 0.717) is 6.54 Å². The Hall–Kier alpha value is -0.120. The molecule has 0 aromatic carbocycles. The molecule has 0 aliphatic heterocycles. The zero-order valence-corrected chi connectivity index (χ0v) is 7.98. The molecule has 3 heteroatoms. The lowest BCUT2D eigenvalue weighted by Crippen LogP contribution is -2.48. The fraction of sp³-hybridized carbons (Fsp3) is 1.00. The highest BCUT2D eigenvalue weighted by atomic mass is 16.5. The van der Waals surface area contributed by atoms with Gasteiger partial charge in [0.05, 0.1) is 6.10 Å². The molecule has 3 N–H and O–H groups in total. The van der Waals surface area contributed by atoms with Crippen LogP contribution in [-0.4, -0.2) is 31.8 Å². The van der Waals surface area contributed by atoms with Crippen LogP contribution in [0.1, 0.15) is 20.8 Å². The SMILES string of the molecule is COC(C)CNC(C)(C)CN. The zero-order valence-electron chi connectivity index (χ0n) is 7.98. The lowest BCUT2D eigenvalue weighted by molar-refractivity contribution is 0.110. The summed E-state index contributed by atoms with van der Waals surface area (Å²) >= 11 is 0. The van der Waals surface area contributed by atoms with Crippen LogP contribution in [0.2, 0.25) is 0 Å². The summed E-state index contributed by atoms with van der Waals surface area (Å²) in [5.74, 6) is 0. The molecule has 68 valence electrons. The van der Waals surface area contributed by atoms with Crippen LogP contribution < -0.4 is 11.1 Å². The molecule has 0 aliphatic rings. The van der Waals surface area contributed by atoms with Gasteiger partial charge < -0.3 is 15.8 Å². The van der Waals surface area contributed by atoms with Crippen molar-refractivity contribution in [2.24, 2.45) is 5.73 Å². The van der Waals surface area contributed by atoms with E-state index in [1.54, 1.807) is 7.11 Å². The maximum absolute atomic E-state index is 5.53. The summed E-state index contributed by atoms with van der Waals surface area (Å²) in [7, 11) is 1.71. The number of hydrogen-bond donors (Lipinski definition) is 2. The van der Waals surface area contributed by atoms with E-state index >= 15 is 0 Å². The van der Waals surface area contributed by atoms with Gasteiger partial charge in [-0.1, -0.05) is 0 Å². The summed E-state index contributed by atoms with van der Waals surface area (Å²) < 4.78 is 5.09. The number of hydrogen-bond acceptors (Lipinski definition) is 3. The predicted molar refractivity (Wildman–Crippen MR) is 47.6 cm³/mol. The normalized spacial score (nSPS) is 15.0. The van der Waals surface area contributed by atoms with E-state index in [0.717, 1.165) is 6.54 Å². The Balaban J connectivity index is 3.52. The number of ether oxygens (including phenoxy) is 1. The lowest BCUT2D eigenvalue weighted by Gasteiger charge is -2.25. The van der Waals surface area contributed by atoms with Gasteiger partial charge in [-0.05, 0) is 20.8 Å². The Bertz CT molecular complexity index is 104. The second kappa shape index (κ2) is 4.70. The highest BCUT2D eigenvalue weighted by Gasteiger charge is 2.14. The fourth-order valence-corrected chi connectivity index (χ4v) is 0.576. The molecule has 1 unspecified atom stereocenters. The summed E-state index contributed by atoms with van der Waals surface area (Å²) in [5.41, 5.74) is 5.55. The molecular formula is C8H20N2O. The molecule has 0 radical (unpaired) electrons. The van der Waals surface area contributed by atoms with Crippen molar-refractivity contribution in [3.8, 4) is 0 Å². The largest absolute Gasteiger partial charge is 0.380 e. The molecular weight excluding hydrogens is 140 g/mol. The highest BCUT2D eigenvalue weighted by molar-refractivity contribution is 4.78. The van der Waals surface area contributed by atoms with E-state index in [9.17, 15) is 0 Å². The molecule has 11 heavy (non-hydrogen) atoms. The van der Waals surface area contributed by atoms with Crippen molar-refractivity contribution in [1.82, 2.24) is 5.32 Å². The number of nitrogens with two attached hydrogens (primary N) is 1. The molecule has 0 aromatic heterocycles. The minimum absolute atomic E-state index is 0.0206. The van der Waals surface area contributed by atoms with E-state index in [4.69, 9.17) is 10.5 Å². The summed E-state index contributed by atoms with van der Waals surface area (Å²) in [5, 5.41) is 3.31. The molecule has 0 bridgehead atoms. The molecule has 0 saturated carbocycles. The fourth-order valence-electron chi connectivity index (χ4n) is 0.576. The molecule has 0 saturated heterocycles. The first-order valence-electron chi connectivity index (χ1n) is 3.99. The third kappa shape index (κ3) is 5.18. The second-order valence-corrected chi connectivity index (χ2v) is 3.52. The Morgan fingerprint density at radius 1 is 1.55 bits per heavy atom. The van der Waals surface area contributed by atoms with Crippen LogP contribution in [-0.2, 0) is 4.74 Å². The topological polar surface area (TPSA) is 47.3 Å². The average molecular weight is 160 g/mol. The Morgan fingerprint density at radius 3 is 2.45 bits per heavy atom. The van der Waals surface area contributed by atoms with Crippen LogP contribution in [0.25, 0.3) is 0 Å². The first kappa shape index (κ1) is 10.9. The molecule has 0 aromatic rings. The molecule has 0 aliphatic carbocycles. The van der Waals surface area contributed by atoms with Crippen molar-refractivity contribution in [3.05, 3.63) is 0 Å². The van der Waals surface area contributed by atoms with Gasteiger partial charge in [-0.25, -0.2) is 0 Å². The van der Waals surface area contributed by atoms with Crippen LogP contribution in [0.3, 0.4) is 0 Å². The van der Waals surface area contributed by atoms with E-state index in [1.807, 2.05) is 6.92 Å². The predicted octanol–water partition coefficient (Wildman–Crippen LogP) is 0.348. The highest BCUT2D eigenvalue weighted by Crippen LogP contribution is 1.98. The maximum atomic E-state index is 5.53. The molecule has 3 nitrogen and oxygen atoms in total. The zero-order chi connectivity index (χ0) is 8.91. The van der Waals surface area contributed by atoms with Crippen molar-refractivity contribution in [2.75, 3.05) is 20.2 Å². The third-order valence-corrected chi connectivity index (χ3v) is 1.78. The van der Waals surface area contributed by atoms with Gasteiger partial charge in [0.1, 0.15) is 0 Å². The summed E-state index contributed by atoms with van der Waals surface area (Å²) in [4.78, 5) is 0. The van der Waals surface area contributed by atoms with Crippen LogP contribution in [0.4, 0.5) is 0 Å². The van der Waals surface area contributed by atoms with Crippen molar-refractivity contribution in [3.63, 3.8) is 0 Å². The van der Waals surface area contributed by atoms with Gasteiger partial charge >= 0.3 is 0 Å². The van der Waals surface area contributed by atoms with Crippen LogP contribution in [0.5, 0.6) is 0 Å². The average Bonchev–Trinajstić information content (AvgIpc) is 2.00. The first-order valence-corrected chi connectivity index (χ1v) is 3.99. The monoisotopic (exact) mass is 160 g/mol. The van der Waals surface area contributed by atoms with Gasteiger partial charge in [-0.3, -0.25) is 0 Å². The molecule has 0 fully saturated rings. The minimum atomic E-state index is 0.0206. The van der Waals surface area contributed by atoms with Gasteiger partial charge in [0, 0.05) is 25.7 Å². The minimum Gasteiger partial charge on any atom is -0.380 e. The van der Waals surface area contributed by atoms with Crippen LogP contribution in [0.15, 0.2) is 0 Å². The Kier molecular flexibility index (Phi) is 4.65. The van der Waals surface area contributed by atoms with Crippen LogP contribution in [0, 0.1) is 0 Å². The van der Waals surface area contributed by atoms with Crippen molar-refractivity contribution in [1.29, 1.82) is 0 Å². The first-order chi connectivity index (χ1) is 5.02. The Morgan fingerprint density at radius 2 is 2.09 bits per heavy atom. The Labute approximate surface area is 69.3 Å². The van der Waals surface area contributed by atoms with Gasteiger partial charge in [-0.15, -0.1) is 0 Å². The van der Waals surface area contributed by atoms with Crippen molar-refractivity contribution < 1.29 is 4.74 Å². The third-order valence-electron chi connectivity index (χ3n) is 1.78. The number of rotatable bonds is 5. The summed E-state index contributed by atoms with van der Waals surface area (Å²) in [6, 6.07) is 0. The van der Waals surface area contributed by atoms with Crippen LogP contribution >= 0.6 is 0 Å². The van der Waals surface area contributed by atoms with E-state index in [2.05, 4.69) is 19.2 Å². The van der Waals surface area contributed by atoms with Crippen molar-refractivity contribution >= 4 is 0 Å². The maximum Gasteiger partial charge on any atom is 0.0667 e. The summed E-state index contributed by atoms with van der Waals surface area (Å²) in [6.07, 6.45) is 0.251. The van der Waals surface area contributed by atoms with Crippen molar-refractivity contribution in [2.45, 2.75) is 32.4 Å². The van der Waals surface area contributed by atoms with Gasteiger partial charge in [0.15, 0.2) is 0 Å². The molecule has 0 rings (SSSR count).